The number of hydrogen-bond donors (Lipinski definition) is 5. The van der Waals surface area contributed by atoms with Crippen molar-refractivity contribution in [2.45, 2.75) is 69.5 Å². The fourth-order valence-electron chi connectivity index (χ4n) is 4.14. The van der Waals surface area contributed by atoms with Gasteiger partial charge in [0.15, 0.2) is 0 Å². The van der Waals surface area contributed by atoms with Crippen molar-refractivity contribution in [3.05, 3.63) is 36.5 Å². The molecule has 1 aromatic heterocycles. The molecule has 2 heterocycles. The van der Waals surface area contributed by atoms with Crippen LogP contribution in [-0.4, -0.2) is 102 Å². The number of aromatic nitrogens is 3. The zero-order valence-corrected chi connectivity index (χ0v) is 21.6. The second-order valence-corrected chi connectivity index (χ2v) is 10.2. The Morgan fingerprint density at radius 3 is 2.70 bits per heavy atom. The monoisotopic (exact) mass is 538 g/mol. The lowest BCUT2D eigenvalue weighted by molar-refractivity contribution is -0.310. The van der Waals surface area contributed by atoms with Crippen LogP contribution in [0.15, 0.2) is 36.5 Å². The zero-order chi connectivity index (χ0) is 27.0. The lowest BCUT2D eigenvalue weighted by Crippen LogP contribution is -2.67. The van der Waals surface area contributed by atoms with Gasteiger partial charge in [-0.3, -0.25) is 4.79 Å². The van der Waals surface area contributed by atoms with Crippen LogP contribution in [0, 0.1) is 0 Å². The number of carboxylic acids is 1. The van der Waals surface area contributed by atoms with E-state index in [-0.39, 0.29) is 13.2 Å². The van der Waals surface area contributed by atoms with E-state index in [1.807, 2.05) is 37.3 Å². The molecule has 0 spiro atoms. The number of carbonyl (C=O) groups is 2. The van der Waals surface area contributed by atoms with Crippen LogP contribution < -0.4 is 5.32 Å². The van der Waals surface area contributed by atoms with Gasteiger partial charge in [0.2, 0.25) is 5.91 Å². The van der Waals surface area contributed by atoms with Crippen LogP contribution in [0.5, 0.6) is 0 Å². The van der Waals surface area contributed by atoms with Crippen molar-refractivity contribution in [3.63, 3.8) is 0 Å². The van der Waals surface area contributed by atoms with E-state index in [4.69, 9.17) is 9.47 Å². The van der Waals surface area contributed by atoms with Crippen LogP contribution in [0.1, 0.15) is 26.7 Å². The molecule has 0 aliphatic carbocycles. The number of nitrogens with zero attached hydrogens (tertiary/aromatic N) is 3. The smallest absolute Gasteiger partial charge is 0.364 e. The highest BCUT2D eigenvalue weighted by Gasteiger charge is 2.55. The third-order valence-corrected chi connectivity index (χ3v) is 6.94. The Morgan fingerprint density at radius 2 is 2.05 bits per heavy atom. The van der Waals surface area contributed by atoms with Gasteiger partial charge in [-0.05, 0) is 17.9 Å². The first kappa shape index (κ1) is 29.0. The average Bonchev–Trinajstić information content (AvgIpc) is 3.33. The van der Waals surface area contributed by atoms with Crippen LogP contribution in [0.2, 0.25) is 0 Å². The van der Waals surface area contributed by atoms with Gasteiger partial charge in [-0.1, -0.05) is 42.5 Å². The van der Waals surface area contributed by atoms with Crippen molar-refractivity contribution in [1.82, 2.24) is 20.3 Å². The van der Waals surface area contributed by atoms with Crippen molar-refractivity contribution < 1.29 is 39.5 Å². The minimum atomic E-state index is -2.26. The Balaban J connectivity index is 1.77. The summed E-state index contributed by atoms with van der Waals surface area (Å²) in [7, 11) is 0. The molecule has 1 fully saturated rings. The SMILES string of the molecule is CCSCCCO[C@]1(C(=O)O)CC(O)[C@@H](NC(C)=O)C([C@H](O)[C@H](O)Cn2cc(-c3ccccc3)nn2)O1. The van der Waals surface area contributed by atoms with E-state index in [1.165, 1.54) is 11.6 Å². The molecule has 1 aliphatic heterocycles. The first-order valence-electron chi connectivity index (χ1n) is 12.1. The summed E-state index contributed by atoms with van der Waals surface area (Å²) < 4.78 is 12.7. The Hall–Kier alpha value is -2.55. The summed E-state index contributed by atoms with van der Waals surface area (Å²) >= 11 is 1.67. The molecule has 1 saturated heterocycles. The van der Waals surface area contributed by atoms with E-state index >= 15 is 0 Å². The number of aliphatic carboxylic acids is 1. The molecular formula is C24H34N4O8S. The molecule has 3 rings (SSSR count). The highest BCUT2D eigenvalue weighted by molar-refractivity contribution is 7.99. The maximum atomic E-state index is 12.2. The number of nitrogens with one attached hydrogen (secondary N) is 1. The van der Waals surface area contributed by atoms with Crippen LogP contribution in [0.25, 0.3) is 11.3 Å². The van der Waals surface area contributed by atoms with Gasteiger partial charge >= 0.3 is 5.97 Å². The van der Waals surface area contributed by atoms with Crippen LogP contribution in [-0.2, 0) is 25.6 Å². The second kappa shape index (κ2) is 13.3. The Kier molecular flexibility index (Phi) is 10.4. The predicted molar refractivity (Wildman–Crippen MR) is 135 cm³/mol. The van der Waals surface area contributed by atoms with Crippen molar-refractivity contribution in [1.29, 1.82) is 0 Å². The number of amides is 1. The fourth-order valence-corrected chi connectivity index (χ4v) is 4.75. The third-order valence-electron chi connectivity index (χ3n) is 5.95. The minimum absolute atomic E-state index is 0.0451. The number of carboxylic acid groups (broad SMARTS) is 1. The van der Waals surface area contributed by atoms with Crippen molar-refractivity contribution in [2.24, 2.45) is 0 Å². The normalized spacial score (nSPS) is 25.4. The molecule has 0 bridgehead atoms. The van der Waals surface area contributed by atoms with Gasteiger partial charge in [-0.25, -0.2) is 9.48 Å². The van der Waals surface area contributed by atoms with Crippen LogP contribution >= 0.6 is 11.8 Å². The van der Waals surface area contributed by atoms with Gasteiger partial charge in [0, 0.05) is 18.9 Å². The summed E-state index contributed by atoms with van der Waals surface area (Å²) in [5.74, 6) is -2.61. The summed E-state index contributed by atoms with van der Waals surface area (Å²) in [6, 6.07) is 8.07. The Bertz CT molecular complexity index is 1030. The lowest BCUT2D eigenvalue weighted by atomic mass is 9.88. The topological polar surface area (TPSA) is 176 Å². The van der Waals surface area contributed by atoms with E-state index in [2.05, 4.69) is 15.6 Å². The number of carbonyl (C=O) groups excluding carboxylic acids is 1. The lowest BCUT2D eigenvalue weighted by Gasteiger charge is -2.46. The standard InChI is InChI=1S/C24H34N4O8S/c1-3-37-11-7-10-35-24(23(33)34)12-18(30)20(25-15(2)29)22(36-24)21(32)19(31)14-28-13-17(26-27-28)16-8-5-4-6-9-16/h4-6,8-9,13,18-22,30-32H,3,7,10-12,14H2,1-2H3,(H,25,29)(H,33,34)/t18?,19-,20-,21-,22?,24-/m1/s1. The Morgan fingerprint density at radius 1 is 1.32 bits per heavy atom. The van der Waals surface area contributed by atoms with Gasteiger partial charge in [0.05, 0.1) is 31.5 Å². The Labute approximate surface area is 219 Å². The van der Waals surface area contributed by atoms with Gasteiger partial charge < -0.3 is 35.2 Å². The van der Waals surface area contributed by atoms with Crippen molar-refractivity contribution in [2.75, 3.05) is 18.1 Å². The quantitative estimate of drug-likeness (QED) is 0.221. The van der Waals surface area contributed by atoms with Gasteiger partial charge in [-0.2, -0.15) is 11.8 Å². The number of ether oxygens (including phenoxy) is 2. The number of aliphatic hydroxyl groups excluding tert-OH is 3. The maximum absolute atomic E-state index is 12.2. The van der Waals surface area contributed by atoms with Gasteiger partial charge in [0.1, 0.15) is 24.0 Å². The molecule has 5 N–H and O–H groups in total. The fraction of sp³-hybridized carbons (Fsp3) is 0.583. The number of rotatable bonds is 13. The molecule has 1 amide bonds. The summed E-state index contributed by atoms with van der Waals surface area (Å²) in [4.78, 5) is 24.0. The largest absolute Gasteiger partial charge is 0.477 e. The molecule has 0 radical (unpaired) electrons. The molecule has 12 nitrogen and oxygen atoms in total. The summed E-state index contributed by atoms with van der Waals surface area (Å²) in [5.41, 5.74) is 1.37. The maximum Gasteiger partial charge on any atom is 0.364 e. The first-order chi connectivity index (χ1) is 17.7. The number of thioether (sulfide) groups is 1. The number of aliphatic hydroxyl groups is 3. The molecule has 204 valence electrons. The molecule has 37 heavy (non-hydrogen) atoms. The van der Waals surface area contributed by atoms with Crippen molar-refractivity contribution in [3.8, 4) is 11.3 Å². The van der Waals surface area contributed by atoms with E-state index < -0.39 is 54.5 Å². The van der Waals surface area contributed by atoms with Crippen molar-refractivity contribution >= 4 is 23.6 Å². The first-order valence-corrected chi connectivity index (χ1v) is 13.2. The highest BCUT2D eigenvalue weighted by Crippen LogP contribution is 2.34. The van der Waals surface area contributed by atoms with E-state index in [0.29, 0.717) is 12.1 Å². The van der Waals surface area contributed by atoms with Crippen LogP contribution in [0.4, 0.5) is 0 Å². The number of hydrogen-bond acceptors (Lipinski definition) is 10. The molecule has 1 aliphatic rings. The summed E-state index contributed by atoms with van der Waals surface area (Å²) in [6.45, 7) is 3.06. The molecule has 6 atom stereocenters. The van der Waals surface area contributed by atoms with Gasteiger partial charge in [0.25, 0.3) is 5.79 Å². The van der Waals surface area contributed by atoms with E-state index in [0.717, 1.165) is 17.1 Å². The predicted octanol–water partition coefficient (Wildman–Crippen LogP) is 0.262. The number of benzene rings is 1. The summed E-state index contributed by atoms with van der Waals surface area (Å²) in [5, 5.41) is 53.1. The molecule has 13 heteroatoms. The van der Waals surface area contributed by atoms with E-state index in [1.54, 1.807) is 18.0 Å². The highest BCUT2D eigenvalue weighted by atomic mass is 32.2. The molecule has 0 saturated carbocycles. The molecule has 1 aromatic carbocycles. The zero-order valence-electron chi connectivity index (χ0n) is 20.8. The average molecular weight is 539 g/mol. The van der Waals surface area contributed by atoms with Gasteiger partial charge in [-0.15, -0.1) is 5.10 Å². The summed E-state index contributed by atoms with van der Waals surface area (Å²) in [6.07, 6.45) is -4.49. The third kappa shape index (κ3) is 7.49. The van der Waals surface area contributed by atoms with E-state index in [9.17, 15) is 30.0 Å². The van der Waals surface area contributed by atoms with Crippen LogP contribution in [0.3, 0.4) is 0 Å². The second-order valence-electron chi connectivity index (χ2n) is 8.79. The molecule has 2 aromatic rings. The molecule has 2 unspecified atom stereocenters. The molecular weight excluding hydrogens is 504 g/mol. The minimum Gasteiger partial charge on any atom is -0.477 e.